The predicted octanol–water partition coefficient (Wildman–Crippen LogP) is 2.40. The summed E-state index contributed by atoms with van der Waals surface area (Å²) in [4.78, 5) is 44.4. The van der Waals surface area contributed by atoms with Gasteiger partial charge in [-0.15, -0.1) is 0 Å². The van der Waals surface area contributed by atoms with E-state index in [0.717, 1.165) is 39.9 Å². The number of hydrogen-bond acceptors (Lipinski definition) is 7. The lowest BCUT2D eigenvalue weighted by Crippen LogP contribution is -2.61. The number of pyridine rings is 2. The number of nitrogens with zero attached hydrogens (tertiary/aromatic N) is 5. The van der Waals surface area contributed by atoms with Gasteiger partial charge in [-0.3, -0.25) is 9.36 Å². The van der Waals surface area contributed by atoms with Crippen LogP contribution in [0.3, 0.4) is 0 Å². The van der Waals surface area contributed by atoms with Gasteiger partial charge in [0, 0.05) is 43.8 Å². The second-order valence-corrected chi connectivity index (χ2v) is 9.79. The molecule has 15 heteroatoms. The van der Waals surface area contributed by atoms with Crippen molar-refractivity contribution in [1.82, 2.24) is 29.1 Å². The maximum absolute atomic E-state index is 15.7. The molecule has 4 heterocycles. The third kappa shape index (κ3) is 5.17. The molecule has 12 nitrogen and oxygen atoms in total. The highest BCUT2D eigenvalue weighted by Gasteiger charge is 2.40. The second kappa shape index (κ2) is 10.8. The summed E-state index contributed by atoms with van der Waals surface area (Å²) < 4.78 is 45.9. The lowest BCUT2D eigenvalue weighted by atomic mass is 10.1. The quantitative estimate of drug-likeness (QED) is 0.232. The van der Waals surface area contributed by atoms with Crippen LogP contribution in [0.2, 0.25) is 0 Å². The zero-order valence-corrected chi connectivity index (χ0v) is 21.4. The van der Waals surface area contributed by atoms with Gasteiger partial charge in [-0.25, -0.2) is 27.9 Å². The van der Waals surface area contributed by atoms with E-state index in [4.69, 9.17) is 5.73 Å². The number of carboxylic acid groups (broad SMARTS) is 2. The Morgan fingerprint density at radius 3 is 2.51 bits per heavy atom. The van der Waals surface area contributed by atoms with Crippen LogP contribution < -0.4 is 21.2 Å². The highest BCUT2D eigenvalue weighted by molar-refractivity contribution is 5.92. The highest BCUT2D eigenvalue weighted by atomic mass is 19.1. The average Bonchev–Trinajstić information content (AvgIpc) is 3.58. The summed E-state index contributed by atoms with van der Waals surface area (Å²) in [6, 6.07) is 2.88. The van der Waals surface area contributed by atoms with Crippen molar-refractivity contribution < 1.29 is 33.0 Å². The Kier molecular flexibility index (Phi) is 7.33. The van der Waals surface area contributed by atoms with Crippen LogP contribution in [0.15, 0.2) is 47.8 Å². The topological polar surface area (TPSA) is 165 Å². The van der Waals surface area contributed by atoms with Crippen molar-refractivity contribution in [2.75, 3.05) is 19.6 Å². The predicted molar refractivity (Wildman–Crippen MR) is 140 cm³/mol. The Balaban J connectivity index is 1.58. The third-order valence-corrected chi connectivity index (χ3v) is 7.10. The Hall–Kier alpha value is -4.60. The molecule has 0 saturated carbocycles. The Morgan fingerprint density at radius 2 is 1.85 bits per heavy atom. The van der Waals surface area contributed by atoms with Crippen molar-refractivity contribution in [2.24, 2.45) is 5.73 Å². The number of aromatic nitrogens is 4. The van der Waals surface area contributed by atoms with Gasteiger partial charge in [0.05, 0.1) is 23.3 Å². The van der Waals surface area contributed by atoms with E-state index in [0.29, 0.717) is 37.7 Å². The van der Waals surface area contributed by atoms with Gasteiger partial charge >= 0.3 is 12.1 Å². The summed E-state index contributed by atoms with van der Waals surface area (Å²) >= 11 is 0. The maximum Gasteiger partial charge on any atom is 0.417 e. The first kappa shape index (κ1) is 27.9. The Bertz CT molecular complexity index is 1730. The molecule has 0 unspecified atom stereocenters. The van der Waals surface area contributed by atoms with Crippen LogP contribution in [-0.4, -0.2) is 67.1 Å². The van der Waals surface area contributed by atoms with E-state index in [1.165, 1.54) is 6.20 Å². The number of nitrogens with one attached hydrogen (secondary N) is 1. The molecule has 1 aliphatic heterocycles. The molecular weight excluding hydrogens is 547 g/mol. The molecule has 41 heavy (non-hydrogen) atoms. The molecular formula is C26H25F3N7O5+. The van der Waals surface area contributed by atoms with Crippen LogP contribution in [0.25, 0.3) is 16.7 Å². The number of rotatable bonds is 8. The van der Waals surface area contributed by atoms with E-state index in [2.05, 4.69) is 15.4 Å². The van der Waals surface area contributed by atoms with E-state index in [-0.39, 0.29) is 34.7 Å². The lowest BCUT2D eigenvalue weighted by molar-refractivity contribution is 0.0695. The summed E-state index contributed by atoms with van der Waals surface area (Å²) in [5, 5.41) is 18.5. The summed E-state index contributed by atoms with van der Waals surface area (Å²) in [6.45, 7) is 0.885. The summed E-state index contributed by atoms with van der Waals surface area (Å²) in [5.74, 6) is -4.55. The van der Waals surface area contributed by atoms with Crippen LogP contribution >= 0.6 is 0 Å². The van der Waals surface area contributed by atoms with E-state index < -0.39 is 51.9 Å². The van der Waals surface area contributed by atoms with Gasteiger partial charge in [-0.1, -0.05) is 0 Å². The first-order chi connectivity index (χ1) is 19.5. The van der Waals surface area contributed by atoms with E-state index in [9.17, 15) is 33.4 Å². The SMILES string of the molecule is N[C@H](CN[N+]1(c2nc3c(cc2F)c(=O)c(C(=O)O)cn3-c2ccc(F)cc2F)CCCC1)Cc1cncn1C(=O)O. The zero-order chi connectivity index (χ0) is 29.5. The van der Waals surface area contributed by atoms with Crippen molar-refractivity contribution in [3.63, 3.8) is 0 Å². The smallest absolute Gasteiger partial charge is 0.417 e. The van der Waals surface area contributed by atoms with E-state index >= 15 is 4.39 Å². The van der Waals surface area contributed by atoms with Gasteiger partial charge in [-0.05, 0) is 18.2 Å². The number of halogens is 3. The zero-order valence-electron chi connectivity index (χ0n) is 21.4. The van der Waals surface area contributed by atoms with E-state index in [1.54, 1.807) is 0 Å². The largest absolute Gasteiger partial charge is 0.477 e. The third-order valence-electron chi connectivity index (χ3n) is 7.10. The molecule has 1 aliphatic rings. The van der Waals surface area contributed by atoms with E-state index in [1.807, 2.05) is 0 Å². The number of aromatic carboxylic acids is 1. The number of fused-ring (bicyclic) bond motifs is 1. The molecule has 3 aromatic heterocycles. The standard InChI is InChI=1S/C26H24F3N7O5/c27-14-3-4-21(19(28)7-14)34-12-18(25(38)39)22(37)17-9-20(29)24(33-23(17)34)36(5-1-2-6-36)32-10-15(30)8-16-11-31-13-35(16)26(40)41/h3-4,7,9,11-13,15,32H,1-2,5-6,8,10,30H2,(H-,38,39,40,41)/p+1/t15-/m0/s1. The molecule has 1 aromatic carbocycles. The van der Waals surface area contributed by atoms with Crippen LogP contribution in [0, 0.1) is 17.5 Å². The fraction of sp³-hybridized carbons (Fsp3) is 0.269. The van der Waals surface area contributed by atoms with Crippen molar-refractivity contribution in [3.8, 4) is 5.69 Å². The van der Waals surface area contributed by atoms with Crippen LogP contribution in [0.5, 0.6) is 0 Å². The van der Waals surface area contributed by atoms with Gasteiger partial charge < -0.3 is 15.9 Å². The molecule has 1 fully saturated rings. The van der Waals surface area contributed by atoms with Gasteiger partial charge in [0.2, 0.25) is 11.2 Å². The highest BCUT2D eigenvalue weighted by Crippen LogP contribution is 2.31. The summed E-state index contributed by atoms with van der Waals surface area (Å²) in [6.07, 6.45) is 3.72. The molecule has 0 amide bonds. The van der Waals surface area contributed by atoms with Crippen molar-refractivity contribution >= 4 is 28.9 Å². The second-order valence-electron chi connectivity index (χ2n) is 9.79. The number of hydrogen-bond donors (Lipinski definition) is 4. The fourth-order valence-electron chi connectivity index (χ4n) is 5.13. The minimum atomic E-state index is -1.61. The van der Waals surface area contributed by atoms with Crippen LogP contribution in [0.1, 0.15) is 28.9 Å². The normalized spacial score (nSPS) is 15.3. The van der Waals surface area contributed by atoms with Gasteiger partial charge in [0.1, 0.15) is 36.6 Å². The first-order valence-electron chi connectivity index (χ1n) is 12.6. The number of carboxylic acids is 1. The monoisotopic (exact) mass is 572 g/mol. The van der Waals surface area contributed by atoms with Crippen LogP contribution in [-0.2, 0) is 6.42 Å². The molecule has 5 N–H and O–H groups in total. The van der Waals surface area contributed by atoms with Gasteiger partial charge in [-0.2, -0.15) is 19.4 Å². The number of imidazole rings is 1. The first-order valence-corrected chi connectivity index (χ1v) is 12.6. The maximum atomic E-state index is 15.7. The Morgan fingerprint density at radius 1 is 1.12 bits per heavy atom. The molecule has 0 bridgehead atoms. The number of quaternary nitrogens is 1. The molecule has 5 rings (SSSR count). The molecule has 214 valence electrons. The average molecular weight is 573 g/mol. The fourth-order valence-corrected chi connectivity index (χ4v) is 5.13. The van der Waals surface area contributed by atoms with Crippen LogP contribution in [0.4, 0.5) is 23.8 Å². The minimum absolute atomic E-state index is 0.112. The van der Waals surface area contributed by atoms with Gasteiger partial charge in [0.25, 0.3) is 5.82 Å². The molecule has 0 aliphatic carbocycles. The molecule has 1 atom stereocenters. The van der Waals surface area contributed by atoms with Crippen molar-refractivity contribution in [3.05, 3.63) is 81.9 Å². The summed E-state index contributed by atoms with van der Waals surface area (Å²) in [5.41, 5.74) is 7.61. The lowest BCUT2D eigenvalue weighted by Gasteiger charge is -2.33. The number of carbonyl (C=O) groups is 2. The molecule has 0 radical (unpaired) electrons. The number of nitrogens with two attached hydrogens (primary N) is 1. The van der Waals surface area contributed by atoms with Gasteiger partial charge in [0.15, 0.2) is 5.65 Å². The molecule has 0 spiro atoms. The van der Waals surface area contributed by atoms with Crippen molar-refractivity contribution in [1.29, 1.82) is 0 Å². The molecule has 4 aromatic rings. The molecule has 1 saturated heterocycles. The Labute approximate surface area is 229 Å². The number of benzene rings is 1. The van der Waals surface area contributed by atoms with Crippen molar-refractivity contribution in [2.45, 2.75) is 25.3 Å². The minimum Gasteiger partial charge on any atom is -0.477 e. The summed E-state index contributed by atoms with van der Waals surface area (Å²) in [7, 11) is 0.